The predicted molar refractivity (Wildman–Crippen MR) is 78.1 cm³/mol. The maximum absolute atomic E-state index is 13.0. The summed E-state index contributed by atoms with van der Waals surface area (Å²) in [4.78, 5) is 24.8. The molecule has 1 amide bonds. The van der Waals surface area contributed by atoms with Crippen molar-refractivity contribution in [2.45, 2.75) is 19.1 Å². The Hall–Kier alpha value is -1.67. The molecular weight excluding hydrogens is 361 g/mol. The van der Waals surface area contributed by atoms with E-state index >= 15 is 0 Å². The Bertz CT molecular complexity index is 582. The van der Waals surface area contributed by atoms with Gasteiger partial charge in [0.05, 0.1) is 17.7 Å². The summed E-state index contributed by atoms with van der Waals surface area (Å²) in [5.41, 5.74) is 0. The molecule has 1 aliphatic rings. The van der Waals surface area contributed by atoms with Crippen LogP contribution in [0.1, 0.15) is 6.92 Å². The lowest BCUT2D eigenvalue weighted by atomic mass is 10.2. The van der Waals surface area contributed by atoms with Crippen molar-refractivity contribution < 1.29 is 28.6 Å². The van der Waals surface area contributed by atoms with Gasteiger partial charge in [0.15, 0.2) is 12.1 Å². The molecule has 1 fully saturated rings. The van der Waals surface area contributed by atoms with Crippen LogP contribution in [0.5, 0.6) is 5.75 Å². The number of benzene rings is 1. The number of nitrogens with zero attached hydrogens (tertiary/aromatic N) is 1. The molecule has 0 saturated carbocycles. The van der Waals surface area contributed by atoms with Gasteiger partial charge in [-0.2, -0.15) is 0 Å². The summed E-state index contributed by atoms with van der Waals surface area (Å²) < 4.78 is 24.0. The third-order valence-electron chi connectivity index (χ3n) is 3.24. The Labute approximate surface area is 134 Å². The van der Waals surface area contributed by atoms with E-state index in [2.05, 4.69) is 15.9 Å². The van der Waals surface area contributed by atoms with E-state index in [4.69, 9.17) is 14.6 Å². The number of ether oxygens (including phenoxy) is 2. The first kappa shape index (κ1) is 16.7. The van der Waals surface area contributed by atoms with E-state index in [1.165, 1.54) is 30.0 Å². The van der Waals surface area contributed by atoms with E-state index in [1.807, 2.05) is 0 Å². The highest BCUT2D eigenvalue weighted by atomic mass is 79.9. The van der Waals surface area contributed by atoms with Gasteiger partial charge in [0, 0.05) is 6.54 Å². The van der Waals surface area contributed by atoms with Crippen molar-refractivity contribution in [1.29, 1.82) is 0 Å². The summed E-state index contributed by atoms with van der Waals surface area (Å²) in [6.07, 6.45) is -0.901. The number of hydrogen-bond donors (Lipinski definition) is 1. The fraction of sp³-hybridized carbons (Fsp3) is 0.429. The van der Waals surface area contributed by atoms with Crippen molar-refractivity contribution >= 4 is 27.8 Å². The minimum atomic E-state index is -1.12. The van der Waals surface area contributed by atoms with Crippen molar-refractivity contribution in [3.8, 4) is 5.75 Å². The van der Waals surface area contributed by atoms with Gasteiger partial charge in [-0.05, 0) is 41.1 Å². The molecule has 0 spiro atoms. The second-order valence-electron chi connectivity index (χ2n) is 4.80. The van der Waals surface area contributed by atoms with Crippen molar-refractivity contribution in [3.05, 3.63) is 28.5 Å². The average Bonchev–Trinajstić information content (AvgIpc) is 2.49. The molecule has 1 saturated heterocycles. The molecule has 0 aromatic heterocycles. The van der Waals surface area contributed by atoms with Crippen LogP contribution < -0.4 is 4.74 Å². The van der Waals surface area contributed by atoms with Gasteiger partial charge in [-0.3, -0.25) is 4.79 Å². The van der Waals surface area contributed by atoms with Crippen LogP contribution in [-0.2, 0) is 14.3 Å². The lowest BCUT2D eigenvalue weighted by Crippen LogP contribution is -2.55. The molecule has 1 aliphatic heterocycles. The first-order chi connectivity index (χ1) is 10.4. The molecule has 1 aromatic rings. The number of carbonyl (C=O) groups excluding carboxylic acids is 1. The number of carboxylic acid groups (broad SMARTS) is 1. The van der Waals surface area contributed by atoms with Gasteiger partial charge in [-0.15, -0.1) is 0 Å². The molecule has 22 heavy (non-hydrogen) atoms. The average molecular weight is 376 g/mol. The Morgan fingerprint density at radius 3 is 2.91 bits per heavy atom. The fourth-order valence-corrected chi connectivity index (χ4v) is 2.56. The topological polar surface area (TPSA) is 76.1 Å². The van der Waals surface area contributed by atoms with Gasteiger partial charge >= 0.3 is 5.97 Å². The standard InChI is InChI=1S/C14H15BrFNO5/c1-8(22-12-3-2-9(16)6-10(12)15)13(18)17-4-5-21-7-11(17)14(19)20/h2-3,6,8,11H,4-5,7H2,1H3,(H,19,20)/t8-,11-/m0/s1. The maximum atomic E-state index is 13.0. The molecule has 1 heterocycles. The number of rotatable bonds is 4. The SMILES string of the molecule is C[C@H](Oc1ccc(F)cc1Br)C(=O)N1CCOC[C@H]1C(=O)O. The minimum Gasteiger partial charge on any atom is -0.480 e. The van der Waals surface area contributed by atoms with E-state index < -0.39 is 29.8 Å². The zero-order valence-electron chi connectivity index (χ0n) is 11.8. The van der Waals surface area contributed by atoms with Gasteiger partial charge in [-0.25, -0.2) is 9.18 Å². The normalized spacial score (nSPS) is 19.6. The van der Waals surface area contributed by atoms with Crippen LogP contribution in [0, 0.1) is 5.82 Å². The van der Waals surface area contributed by atoms with E-state index in [-0.39, 0.29) is 19.8 Å². The second-order valence-corrected chi connectivity index (χ2v) is 5.65. The predicted octanol–water partition coefficient (Wildman–Crippen LogP) is 1.67. The molecule has 8 heteroatoms. The highest BCUT2D eigenvalue weighted by Gasteiger charge is 2.35. The number of aliphatic carboxylic acids is 1. The third-order valence-corrected chi connectivity index (χ3v) is 3.86. The van der Waals surface area contributed by atoms with Crippen molar-refractivity contribution in [3.63, 3.8) is 0 Å². The quantitative estimate of drug-likeness (QED) is 0.865. The number of carbonyl (C=O) groups is 2. The molecule has 120 valence electrons. The van der Waals surface area contributed by atoms with Crippen LogP contribution in [0.2, 0.25) is 0 Å². The molecule has 0 bridgehead atoms. The number of halogens is 2. The second kappa shape index (κ2) is 7.06. The first-order valence-electron chi connectivity index (χ1n) is 6.63. The molecule has 1 N–H and O–H groups in total. The summed E-state index contributed by atoms with van der Waals surface area (Å²) in [5, 5.41) is 9.14. The number of hydrogen-bond acceptors (Lipinski definition) is 4. The highest BCUT2D eigenvalue weighted by molar-refractivity contribution is 9.10. The highest BCUT2D eigenvalue weighted by Crippen LogP contribution is 2.27. The molecule has 0 unspecified atom stereocenters. The Balaban J connectivity index is 2.09. The van der Waals surface area contributed by atoms with Crippen molar-refractivity contribution in [2.24, 2.45) is 0 Å². The number of amides is 1. The number of carboxylic acids is 1. The molecule has 0 aliphatic carbocycles. The van der Waals surface area contributed by atoms with Gasteiger partial charge in [0.25, 0.3) is 5.91 Å². The first-order valence-corrected chi connectivity index (χ1v) is 7.42. The van der Waals surface area contributed by atoms with Crippen LogP contribution >= 0.6 is 15.9 Å². The lowest BCUT2D eigenvalue weighted by Gasteiger charge is -2.34. The Morgan fingerprint density at radius 1 is 1.55 bits per heavy atom. The Morgan fingerprint density at radius 2 is 2.27 bits per heavy atom. The molecule has 0 radical (unpaired) electrons. The van der Waals surface area contributed by atoms with Gasteiger partial charge in [-0.1, -0.05) is 0 Å². The van der Waals surface area contributed by atoms with Crippen LogP contribution in [-0.4, -0.2) is 53.8 Å². The molecule has 2 rings (SSSR count). The van der Waals surface area contributed by atoms with Crippen LogP contribution in [0.4, 0.5) is 4.39 Å². The molecular formula is C14H15BrFNO5. The minimum absolute atomic E-state index is 0.0476. The summed E-state index contributed by atoms with van der Waals surface area (Å²) >= 11 is 3.15. The van der Waals surface area contributed by atoms with E-state index in [1.54, 1.807) is 0 Å². The lowest BCUT2D eigenvalue weighted by molar-refractivity contribution is -0.161. The monoisotopic (exact) mass is 375 g/mol. The number of morpholine rings is 1. The van der Waals surface area contributed by atoms with Crippen molar-refractivity contribution in [2.75, 3.05) is 19.8 Å². The summed E-state index contributed by atoms with van der Waals surface area (Å²) in [5.74, 6) is -1.70. The summed E-state index contributed by atoms with van der Waals surface area (Å²) in [6.45, 7) is 1.94. The van der Waals surface area contributed by atoms with Gasteiger partial charge < -0.3 is 19.5 Å². The summed E-state index contributed by atoms with van der Waals surface area (Å²) in [7, 11) is 0. The molecule has 1 aromatic carbocycles. The van der Waals surface area contributed by atoms with Gasteiger partial charge in [0.2, 0.25) is 0 Å². The zero-order chi connectivity index (χ0) is 16.3. The van der Waals surface area contributed by atoms with Gasteiger partial charge in [0.1, 0.15) is 11.6 Å². The van der Waals surface area contributed by atoms with Crippen LogP contribution in [0.3, 0.4) is 0 Å². The zero-order valence-corrected chi connectivity index (χ0v) is 13.4. The summed E-state index contributed by atoms with van der Waals surface area (Å²) in [6, 6.07) is 2.81. The van der Waals surface area contributed by atoms with E-state index in [9.17, 15) is 14.0 Å². The fourth-order valence-electron chi connectivity index (χ4n) is 2.12. The largest absolute Gasteiger partial charge is 0.480 e. The van der Waals surface area contributed by atoms with Crippen LogP contribution in [0.25, 0.3) is 0 Å². The smallest absolute Gasteiger partial charge is 0.328 e. The third kappa shape index (κ3) is 3.75. The molecule has 6 nitrogen and oxygen atoms in total. The Kier molecular flexibility index (Phi) is 5.36. The van der Waals surface area contributed by atoms with Crippen LogP contribution in [0.15, 0.2) is 22.7 Å². The maximum Gasteiger partial charge on any atom is 0.328 e. The van der Waals surface area contributed by atoms with Crippen molar-refractivity contribution in [1.82, 2.24) is 4.90 Å². The van der Waals surface area contributed by atoms with E-state index in [0.29, 0.717) is 10.2 Å². The molecule has 2 atom stereocenters. The van der Waals surface area contributed by atoms with E-state index in [0.717, 1.165) is 0 Å².